The average molecular weight is 472 g/mol. The zero-order chi connectivity index (χ0) is 22.7. The Hall–Kier alpha value is -2.83. The Balaban J connectivity index is 1.53. The molecule has 1 atom stereocenters. The number of nitrogens with zero attached hydrogens (tertiary/aromatic N) is 2. The van der Waals surface area contributed by atoms with E-state index in [1.165, 1.54) is 0 Å². The van der Waals surface area contributed by atoms with Gasteiger partial charge in [-0.2, -0.15) is 0 Å². The standard InChI is InChI=1S/C24H23Cl2N3O3/c25-17-5-4-6-18(26)22(17)20-10-8-16-13-15(7-9-19(16)27-20)14-21(23(30)31)28-24(32)29-11-2-1-3-12-29/h4-10,13,21H,1-3,11-12,14H2,(H,28,32)(H,30,31)/t21-/m0/s1. The van der Waals surface area contributed by atoms with Gasteiger partial charge in [0.1, 0.15) is 6.04 Å². The van der Waals surface area contributed by atoms with Crippen molar-refractivity contribution >= 4 is 46.1 Å². The lowest BCUT2D eigenvalue weighted by Crippen LogP contribution is -2.50. The number of hydrogen-bond acceptors (Lipinski definition) is 3. The minimum Gasteiger partial charge on any atom is -0.480 e. The fourth-order valence-electron chi connectivity index (χ4n) is 3.96. The number of urea groups is 1. The third-order valence-corrected chi connectivity index (χ3v) is 6.28. The molecule has 2 aromatic carbocycles. The van der Waals surface area contributed by atoms with Crippen molar-refractivity contribution in [2.75, 3.05) is 13.1 Å². The van der Waals surface area contributed by atoms with Crippen LogP contribution in [0.4, 0.5) is 4.79 Å². The quantitative estimate of drug-likeness (QED) is 0.521. The first-order chi connectivity index (χ1) is 15.4. The minimum absolute atomic E-state index is 0.183. The molecule has 6 nitrogen and oxygen atoms in total. The Bertz CT molecular complexity index is 1140. The number of amides is 2. The molecule has 3 aromatic rings. The summed E-state index contributed by atoms with van der Waals surface area (Å²) in [5, 5.41) is 14.2. The van der Waals surface area contributed by atoms with Crippen molar-refractivity contribution in [2.24, 2.45) is 0 Å². The summed E-state index contributed by atoms with van der Waals surface area (Å²) in [4.78, 5) is 30.6. The number of nitrogens with one attached hydrogen (secondary N) is 1. The smallest absolute Gasteiger partial charge is 0.326 e. The van der Waals surface area contributed by atoms with Crippen molar-refractivity contribution in [3.63, 3.8) is 0 Å². The number of hydrogen-bond donors (Lipinski definition) is 2. The Morgan fingerprint density at radius 3 is 2.44 bits per heavy atom. The number of carbonyl (C=O) groups is 2. The number of aromatic nitrogens is 1. The van der Waals surface area contributed by atoms with Crippen LogP contribution < -0.4 is 5.32 Å². The number of benzene rings is 2. The number of piperidine rings is 1. The van der Waals surface area contributed by atoms with Gasteiger partial charge < -0.3 is 15.3 Å². The van der Waals surface area contributed by atoms with E-state index in [2.05, 4.69) is 10.3 Å². The summed E-state index contributed by atoms with van der Waals surface area (Å²) in [7, 11) is 0. The van der Waals surface area contributed by atoms with Gasteiger partial charge in [-0.1, -0.05) is 41.4 Å². The summed E-state index contributed by atoms with van der Waals surface area (Å²) in [6, 6.07) is 13.3. The molecule has 32 heavy (non-hydrogen) atoms. The third kappa shape index (κ3) is 4.97. The van der Waals surface area contributed by atoms with Crippen molar-refractivity contribution in [2.45, 2.75) is 31.7 Å². The van der Waals surface area contributed by atoms with E-state index in [4.69, 9.17) is 23.2 Å². The zero-order valence-corrected chi connectivity index (χ0v) is 18.9. The number of carboxylic acids is 1. The molecule has 1 saturated heterocycles. The van der Waals surface area contributed by atoms with Gasteiger partial charge in [0.15, 0.2) is 0 Å². The Labute approximate surface area is 196 Å². The summed E-state index contributed by atoms with van der Waals surface area (Å²) in [6.45, 7) is 1.33. The molecule has 2 heterocycles. The van der Waals surface area contributed by atoms with Crippen LogP contribution in [0, 0.1) is 0 Å². The predicted molar refractivity (Wildman–Crippen MR) is 126 cm³/mol. The molecule has 0 saturated carbocycles. The molecule has 1 fully saturated rings. The molecule has 0 aliphatic carbocycles. The van der Waals surface area contributed by atoms with Crippen LogP contribution in [-0.2, 0) is 11.2 Å². The largest absolute Gasteiger partial charge is 0.480 e. The van der Waals surface area contributed by atoms with Crippen molar-refractivity contribution < 1.29 is 14.7 Å². The fraction of sp³-hybridized carbons (Fsp3) is 0.292. The normalized spacial score (nSPS) is 14.9. The molecular formula is C24H23Cl2N3O3. The van der Waals surface area contributed by atoms with Crippen LogP contribution in [0.25, 0.3) is 22.2 Å². The molecule has 8 heteroatoms. The SMILES string of the molecule is O=C(O)[C@H](Cc1ccc2nc(-c3c(Cl)cccc3Cl)ccc2c1)NC(=O)N1CCCCC1. The Kier molecular flexibility index (Phi) is 6.82. The van der Waals surface area contributed by atoms with Gasteiger partial charge in [-0.15, -0.1) is 0 Å². The van der Waals surface area contributed by atoms with Crippen LogP contribution >= 0.6 is 23.2 Å². The number of pyridine rings is 1. The summed E-state index contributed by atoms with van der Waals surface area (Å²) in [5.74, 6) is -1.06. The van der Waals surface area contributed by atoms with Crippen molar-refractivity contribution in [3.8, 4) is 11.3 Å². The van der Waals surface area contributed by atoms with E-state index in [-0.39, 0.29) is 12.5 Å². The highest BCUT2D eigenvalue weighted by molar-refractivity contribution is 6.39. The fourth-order valence-corrected chi connectivity index (χ4v) is 4.55. The van der Waals surface area contributed by atoms with Crippen LogP contribution in [0.1, 0.15) is 24.8 Å². The van der Waals surface area contributed by atoms with E-state index in [0.29, 0.717) is 34.4 Å². The highest BCUT2D eigenvalue weighted by Crippen LogP contribution is 2.34. The Morgan fingerprint density at radius 1 is 1.03 bits per heavy atom. The van der Waals surface area contributed by atoms with Crippen LogP contribution in [0.3, 0.4) is 0 Å². The van der Waals surface area contributed by atoms with Gasteiger partial charge in [0.05, 0.1) is 21.3 Å². The number of rotatable bonds is 5. The van der Waals surface area contributed by atoms with Crippen molar-refractivity contribution in [1.82, 2.24) is 15.2 Å². The molecule has 0 radical (unpaired) electrons. The van der Waals surface area contributed by atoms with Gasteiger partial charge >= 0.3 is 12.0 Å². The van der Waals surface area contributed by atoms with Gasteiger partial charge in [-0.25, -0.2) is 14.6 Å². The lowest BCUT2D eigenvalue weighted by Gasteiger charge is -2.28. The maximum Gasteiger partial charge on any atom is 0.326 e. The number of likely N-dealkylation sites (tertiary alicyclic amines) is 1. The van der Waals surface area contributed by atoms with E-state index in [1.54, 1.807) is 23.1 Å². The highest BCUT2D eigenvalue weighted by Gasteiger charge is 2.24. The zero-order valence-electron chi connectivity index (χ0n) is 17.4. The van der Waals surface area contributed by atoms with E-state index in [9.17, 15) is 14.7 Å². The van der Waals surface area contributed by atoms with E-state index < -0.39 is 12.0 Å². The second-order valence-electron chi connectivity index (χ2n) is 7.91. The summed E-state index contributed by atoms with van der Waals surface area (Å²) in [5.41, 5.74) is 2.88. The first-order valence-electron chi connectivity index (χ1n) is 10.5. The molecular weight excluding hydrogens is 449 g/mol. The summed E-state index contributed by atoms with van der Waals surface area (Å²) < 4.78 is 0. The number of halogens is 2. The number of fused-ring (bicyclic) bond motifs is 1. The van der Waals surface area contributed by atoms with Gasteiger partial charge in [-0.3, -0.25) is 0 Å². The molecule has 1 aromatic heterocycles. The number of aliphatic carboxylic acids is 1. The second kappa shape index (κ2) is 9.76. The maximum atomic E-state index is 12.5. The lowest BCUT2D eigenvalue weighted by atomic mass is 10.0. The molecule has 2 N–H and O–H groups in total. The number of carboxylic acid groups (broad SMARTS) is 1. The first kappa shape index (κ1) is 22.4. The molecule has 0 bridgehead atoms. The molecule has 1 aliphatic heterocycles. The van der Waals surface area contributed by atoms with Crippen LogP contribution in [0.15, 0.2) is 48.5 Å². The minimum atomic E-state index is -1.06. The average Bonchev–Trinajstić information content (AvgIpc) is 2.79. The van der Waals surface area contributed by atoms with E-state index >= 15 is 0 Å². The Morgan fingerprint density at radius 2 is 1.75 bits per heavy atom. The van der Waals surface area contributed by atoms with Crippen LogP contribution in [-0.4, -0.2) is 46.1 Å². The van der Waals surface area contributed by atoms with Crippen molar-refractivity contribution in [1.29, 1.82) is 0 Å². The van der Waals surface area contributed by atoms with Gasteiger partial charge in [0.2, 0.25) is 0 Å². The van der Waals surface area contributed by atoms with E-state index in [0.717, 1.165) is 35.7 Å². The summed E-state index contributed by atoms with van der Waals surface area (Å²) in [6.07, 6.45) is 3.18. The molecule has 0 spiro atoms. The molecule has 166 valence electrons. The van der Waals surface area contributed by atoms with Gasteiger partial charge in [0, 0.05) is 30.5 Å². The van der Waals surface area contributed by atoms with Crippen LogP contribution in [0.2, 0.25) is 10.0 Å². The lowest BCUT2D eigenvalue weighted by molar-refractivity contribution is -0.139. The molecule has 1 aliphatic rings. The molecule has 0 unspecified atom stereocenters. The van der Waals surface area contributed by atoms with Crippen LogP contribution in [0.5, 0.6) is 0 Å². The monoisotopic (exact) mass is 471 g/mol. The van der Waals surface area contributed by atoms with Gasteiger partial charge in [-0.05, 0) is 55.2 Å². The van der Waals surface area contributed by atoms with E-state index in [1.807, 2.05) is 30.3 Å². The number of carbonyl (C=O) groups excluding carboxylic acids is 1. The van der Waals surface area contributed by atoms with Crippen molar-refractivity contribution in [3.05, 3.63) is 64.1 Å². The summed E-state index contributed by atoms with van der Waals surface area (Å²) >= 11 is 12.6. The predicted octanol–water partition coefficient (Wildman–Crippen LogP) is 5.40. The third-order valence-electron chi connectivity index (χ3n) is 5.65. The van der Waals surface area contributed by atoms with Gasteiger partial charge in [0.25, 0.3) is 0 Å². The molecule has 4 rings (SSSR count). The highest BCUT2D eigenvalue weighted by atomic mass is 35.5. The topological polar surface area (TPSA) is 82.5 Å². The first-order valence-corrected chi connectivity index (χ1v) is 11.3. The molecule has 2 amide bonds. The second-order valence-corrected chi connectivity index (χ2v) is 8.73. The maximum absolute atomic E-state index is 12.5.